The van der Waals surface area contributed by atoms with Gasteiger partial charge in [-0.25, -0.2) is 0 Å². The van der Waals surface area contributed by atoms with Gasteiger partial charge in [-0.1, -0.05) is 6.07 Å². The highest BCUT2D eigenvalue weighted by Crippen LogP contribution is 2.08. The molecule has 0 fully saturated rings. The third-order valence-corrected chi connectivity index (χ3v) is 3.11. The van der Waals surface area contributed by atoms with Crippen molar-refractivity contribution in [3.05, 3.63) is 45.9 Å². The van der Waals surface area contributed by atoms with Gasteiger partial charge in [0.25, 0.3) is 0 Å². The quantitative estimate of drug-likeness (QED) is 0.894. The van der Waals surface area contributed by atoms with Crippen LogP contribution in [0.15, 0.2) is 29.6 Å². The highest BCUT2D eigenvalue weighted by atomic mass is 32.1. The summed E-state index contributed by atoms with van der Waals surface area (Å²) in [6.45, 7) is 2.31. The molecule has 0 spiro atoms. The van der Waals surface area contributed by atoms with Gasteiger partial charge in [0.2, 0.25) is 5.91 Å². The van der Waals surface area contributed by atoms with Crippen LogP contribution in [0.1, 0.15) is 16.3 Å². The average molecular weight is 247 g/mol. The van der Waals surface area contributed by atoms with Crippen molar-refractivity contribution in [2.75, 3.05) is 0 Å². The van der Waals surface area contributed by atoms with Gasteiger partial charge in [0.1, 0.15) is 0 Å². The normalized spacial score (nSPS) is 10.2. The minimum Gasteiger partial charge on any atom is -0.350 e. The molecule has 5 heteroatoms. The van der Waals surface area contributed by atoms with E-state index in [0.29, 0.717) is 13.0 Å². The van der Waals surface area contributed by atoms with Crippen molar-refractivity contribution in [2.45, 2.75) is 19.9 Å². The SMILES string of the molecule is Cc1ccc(CNC(=O)Cc2cccs2)nn1. The van der Waals surface area contributed by atoms with Crippen molar-refractivity contribution >= 4 is 17.2 Å². The van der Waals surface area contributed by atoms with Crippen LogP contribution in [0.25, 0.3) is 0 Å². The number of hydrogen-bond donors (Lipinski definition) is 1. The largest absolute Gasteiger partial charge is 0.350 e. The van der Waals surface area contributed by atoms with Gasteiger partial charge in [-0.2, -0.15) is 10.2 Å². The summed E-state index contributed by atoms with van der Waals surface area (Å²) < 4.78 is 0. The van der Waals surface area contributed by atoms with Gasteiger partial charge < -0.3 is 5.32 Å². The van der Waals surface area contributed by atoms with Crippen LogP contribution in [-0.4, -0.2) is 16.1 Å². The zero-order chi connectivity index (χ0) is 12.1. The number of hydrogen-bond acceptors (Lipinski definition) is 4. The molecule has 0 bridgehead atoms. The Kier molecular flexibility index (Phi) is 3.82. The van der Waals surface area contributed by atoms with Gasteiger partial charge in [-0.15, -0.1) is 11.3 Å². The molecular weight excluding hydrogens is 234 g/mol. The Morgan fingerprint density at radius 1 is 1.35 bits per heavy atom. The lowest BCUT2D eigenvalue weighted by Gasteiger charge is -2.03. The third kappa shape index (κ3) is 3.64. The van der Waals surface area contributed by atoms with Crippen LogP contribution < -0.4 is 5.32 Å². The van der Waals surface area contributed by atoms with Gasteiger partial charge in [0.05, 0.1) is 24.4 Å². The summed E-state index contributed by atoms with van der Waals surface area (Å²) in [4.78, 5) is 12.7. The van der Waals surface area contributed by atoms with Crippen molar-refractivity contribution in [1.82, 2.24) is 15.5 Å². The van der Waals surface area contributed by atoms with Crippen molar-refractivity contribution in [3.63, 3.8) is 0 Å². The maximum Gasteiger partial charge on any atom is 0.225 e. The first-order valence-corrected chi connectivity index (χ1v) is 6.20. The molecule has 2 aromatic rings. The molecule has 2 aromatic heterocycles. The smallest absolute Gasteiger partial charge is 0.225 e. The topological polar surface area (TPSA) is 54.9 Å². The number of carbonyl (C=O) groups is 1. The fraction of sp³-hybridized carbons (Fsp3) is 0.250. The molecule has 0 aromatic carbocycles. The van der Waals surface area contributed by atoms with E-state index < -0.39 is 0 Å². The molecule has 0 saturated heterocycles. The minimum absolute atomic E-state index is 0.00910. The van der Waals surface area contributed by atoms with E-state index in [-0.39, 0.29) is 5.91 Å². The lowest BCUT2D eigenvalue weighted by molar-refractivity contribution is -0.120. The predicted molar refractivity (Wildman–Crippen MR) is 66.6 cm³/mol. The Bertz CT molecular complexity index is 479. The van der Waals surface area contributed by atoms with Crippen molar-refractivity contribution in [1.29, 1.82) is 0 Å². The summed E-state index contributed by atoms with van der Waals surface area (Å²) >= 11 is 1.59. The first-order chi connectivity index (χ1) is 8.24. The molecule has 1 amide bonds. The lowest BCUT2D eigenvalue weighted by atomic mass is 10.3. The van der Waals surface area contributed by atoms with E-state index in [1.807, 2.05) is 36.6 Å². The molecule has 0 aliphatic heterocycles. The molecule has 0 aliphatic rings. The highest BCUT2D eigenvalue weighted by molar-refractivity contribution is 7.10. The second kappa shape index (κ2) is 5.54. The second-order valence-electron chi connectivity index (χ2n) is 3.70. The van der Waals surface area contributed by atoms with Gasteiger partial charge in [0, 0.05) is 4.88 Å². The van der Waals surface area contributed by atoms with Crippen LogP contribution >= 0.6 is 11.3 Å². The van der Waals surface area contributed by atoms with E-state index in [1.165, 1.54) is 0 Å². The molecule has 0 radical (unpaired) electrons. The van der Waals surface area contributed by atoms with E-state index in [2.05, 4.69) is 15.5 Å². The van der Waals surface area contributed by atoms with Crippen molar-refractivity contribution < 1.29 is 4.79 Å². The van der Waals surface area contributed by atoms with Gasteiger partial charge >= 0.3 is 0 Å². The summed E-state index contributed by atoms with van der Waals surface area (Å²) in [6, 6.07) is 7.65. The van der Waals surface area contributed by atoms with E-state index in [1.54, 1.807) is 11.3 Å². The van der Waals surface area contributed by atoms with Crippen LogP contribution in [0.4, 0.5) is 0 Å². The molecule has 2 rings (SSSR count). The maximum atomic E-state index is 11.6. The molecule has 17 heavy (non-hydrogen) atoms. The summed E-state index contributed by atoms with van der Waals surface area (Å²) in [5.74, 6) is 0.00910. The zero-order valence-electron chi connectivity index (χ0n) is 9.51. The summed E-state index contributed by atoms with van der Waals surface area (Å²) in [7, 11) is 0. The summed E-state index contributed by atoms with van der Waals surface area (Å²) in [6.07, 6.45) is 0.428. The molecule has 1 N–H and O–H groups in total. The molecule has 0 aliphatic carbocycles. The predicted octanol–water partition coefficient (Wildman–Crippen LogP) is 1.71. The number of nitrogens with one attached hydrogen (secondary N) is 1. The molecule has 0 saturated carbocycles. The van der Waals surface area contributed by atoms with Gasteiger partial charge in [-0.05, 0) is 30.5 Å². The van der Waals surface area contributed by atoms with Crippen molar-refractivity contribution in [3.8, 4) is 0 Å². The molecule has 88 valence electrons. The number of carbonyl (C=O) groups excluding carboxylic acids is 1. The Morgan fingerprint density at radius 2 is 2.24 bits per heavy atom. The number of rotatable bonds is 4. The molecular formula is C12H13N3OS. The van der Waals surface area contributed by atoms with Crippen LogP contribution in [0.3, 0.4) is 0 Å². The Hall–Kier alpha value is -1.75. The Morgan fingerprint density at radius 3 is 2.88 bits per heavy atom. The number of nitrogens with zero attached hydrogens (tertiary/aromatic N) is 2. The summed E-state index contributed by atoms with van der Waals surface area (Å²) in [5, 5.41) is 12.7. The lowest BCUT2D eigenvalue weighted by Crippen LogP contribution is -2.24. The fourth-order valence-electron chi connectivity index (χ4n) is 1.34. The summed E-state index contributed by atoms with van der Waals surface area (Å²) in [5.41, 5.74) is 1.65. The van der Waals surface area contributed by atoms with Crippen LogP contribution in [0.2, 0.25) is 0 Å². The second-order valence-corrected chi connectivity index (χ2v) is 4.73. The maximum absolute atomic E-state index is 11.6. The highest BCUT2D eigenvalue weighted by Gasteiger charge is 2.04. The first-order valence-electron chi connectivity index (χ1n) is 5.32. The number of amides is 1. The number of aromatic nitrogens is 2. The van der Waals surface area contributed by atoms with Gasteiger partial charge in [-0.3, -0.25) is 4.79 Å². The first kappa shape index (κ1) is 11.7. The number of thiophene rings is 1. The van der Waals surface area contributed by atoms with Crippen LogP contribution in [0, 0.1) is 6.92 Å². The standard InChI is InChI=1S/C12H13N3OS/c1-9-4-5-10(15-14-9)8-13-12(16)7-11-3-2-6-17-11/h2-6H,7-8H2,1H3,(H,13,16). The molecule has 0 unspecified atom stereocenters. The van der Waals surface area contributed by atoms with E-state index in [4.69, 9.17) is 0 Å². The molecule has 0 atom stereocenters. The Balaban J connectivity index is 1.82. The van der Waals surface area contributed by atoms with Crippen molar-refractivity contribution in [2.24, 2.45) is 0 Å². The van der Waals surface area contributed by atoms with E-state index in [9.17, 15) is 4.79 Å². The van der Waals surface area contributed by atoms with E-state index in [0.717, 1.165) is 16.3 Å². The monoisotopic (exact) mass is 247 g/mol. The van der Waals surface area contributed by atoms with Crippen LogP contribution in [0.5, 0.6) is 0 Å². The van der Waals surface area contributed by atoms with Crippen LogP contribution in [-0.2, 0) is 17.8 Å². The number of aryl methyl sites for hydroxylation is 1. The molecule has 4 nitrogen and oxygen atoms in total. The molecule has 2 heterocycles. The minimum atomic E-state index is 0.00910. The zero-order valence-corrected chi connectivity index (χ0v) is 10.3. The Labute approximate surface area is 104 Å². The van der Waals surface area contributed by atoms with Gasteiger partial charge in [0.15, 0.2) is 0 Å². The third-order valence-electron chi connectivity index (χ3n) is 2.23. The van der Waals surface area contributed by atoms with E-state index >= 15 is 0 Å². The fourth-order valence-corrected chi connectivity index (χ4v) is 2.05. The average Bonchev–Trinajstić information content (AvgIpc) is 2.81.